The zero-order chi connectivity index (χ0) is 28.5. The van der Waals surface area contributed by atoms with E-state index in [2.05, 4.69) is 19.4 Å². The van der Waals surface area contributed by atoms with Gasteiger partial charge in [0.15, 0.2) is 12.4 Å². The van der Waals surface area contributed by atoms with Gasteiger partial charge in [0, 0.05) is 36.7 Å². The van der Waals surface area contributed by atoms with Gasteiger partial charge in [-0.25, -0.2) is 17.2 Å². The lowest BCUT2D eigenvalue weighted by Crippen LogP contribution is -2.38. The summed E-state index contributed by atoms with van der Waals surface area (Å²) in [6, 6.07) is 9.45. The van der Waals surface area contributed by atoms with Crippen molar-refractivity contribution in [1.29, 1.82) is 0 Å². The molecule has 1 N–H and O–H groups in total. The predicted octanol–water partition coefficient (Wildman–Crippen LogP) is 4.28. The molecule has 0 spiro atoms. The fourth-order valence-electron chi connectivity index (χ4n) is 4.36. The number of nitrogens with zero attached hydrogens (tertiary/aromatic N) is 3. The molecular formula is C25H23ClF2N4O7S. The molecule has 40 heavy (non-hydrogen) atoms. The summed E-state index contributed by atoms with van der Waals surface area (Å²) in [6.45, 7) is -0.430. The van der Waals surface area contributed by atoms with E-state index in [1.165, 1.54) is 60.4 Å². The number of hydrogen-bond donors (Lipinski definition) is 1. The van der Waals surface area contributed by atoms with Crippen LogP contribution in [0, 0.1) is 5.92 Å². The van der Waals surface area contributed by atoms with Crippen molar-refractivity contribution in [3.05, 3.63) is 64.1 Å². The Morgan fingerprint density at radius 2 is 1.93 bits per heavy atom. The van der Waals surface area contributed by atoms with Crippen LogP contribution in [0.2, 0.25) is 5.02 Å². The first-order valence-corrected chi connectivity index (χ1v) is 13.9. The van der Waals surface area contributed by atoms with Crippen LogP contribution >= 0.6 is 11.6 Å². The Balaban J connectivity index is 1.48. The van der Waals surface area contributed by atoms with E-state index < -0.39 is 34.0 Å². The predicted molar refractivity (Wildman–Crippen MR) is 140 cm³/mol. The number of rotatable bonds is 9. The second-order valence-corrected chi connectivity index (χ2v) is 11.0. The minimum Gasteiger partial charge on any atom is -0.479 e. The largest absolute Gasteiger partial charge is 0.479 e. The number of fused-ring (bicyclic) bond motifs is 1. The van der Waals surface area contributed by atoms with E-state index in [0.717, 1.165) is 0 Å². The van der Waals surface area contributed by atoms with E-state index in [4.69, 9.17) is 25.8 Å². The van der Waals surface area contributed by atoms with E-state index in [0.29, 0.717) is 10.9 Å². The maximum atomic E-state index is 14.7. The second-order valence-electron chi connectivity index (χ2n) is 8.96. The third kappa shape index (κ3) is 5.60. The average Bonchev–Trinajstić information content (AvgIpc) is 3.45. The molecule has 4 aromatic rings. The zero-order valence-corrected chi connectivity index (χ0v) is 22.5. The molecule has 0 unspecified atom stereocenters. The first-order chi connectivity index (χ1) is 19.1. The molecule has 3 aromatic heterocycles. The number of hydrogen-bond acceptors (Lipinski definition) is 9. The van der Waals surface area contributed by atoms with Crippen LogP contribution in [0.1, 0.15) is 12.8 Å². The minimum absolute atomic E-state index is 0.00310. The zero-order valence-electron chi connectivity index (χ0n) is 21.0. The van der Waals surface area contributed by atoms with Crippen molar-refractivity contribution >= 4 is 38.3 Å². The molecule has 0 radical (unpaired) electrons. The molecule has 1 aliphatic rings. The maximum absolute atomic E-state index is 14.7. The number of halogens is 3. The van der Waals surface area contributed by atoms with Gasteiger partial charge in [0.2, 0.25) is 11.8 Å². The van der Waals surface area contributed by atoms with Gasteiger partial charge in [-0.05, 0) is 43.2 Å². The molecule has 0 amide bonds. The molecule has 1 aliphatic heterocycles. The Kier molecular flexibility index (Phi) is 7.66. The number of anilines is 1. The van der Waals surface area contributed by atoms with E-state index in [-0.39, 0.29) is 59.2 Å². The van der Waals surface area contributed by atoms with E-state index in [1.54, 1.807) is 0 Å². The van der Waals surface area contributed by atoms with Crippen LogP contribution in [0.5, 0.6) is 11.8 Å². The summed E-state index contributed by atoms with van der Waals surface area (Å²) in [5.74, 6) is -4.42. The maximum Gasteiger partial charge on any atom is 0.284 e. The summed E-state index contributed by atoms with van der Waals surface area (Å²) in [7, 11) is -2.73. The SMILES string of the molecule is COc1nc(OCC(F)(F)C2CCOCC2)c(Cl)cc1-n1c(=O)ccc2cc(S(=O)(=O)Nc3ccon3)ccc21. The first-order valence-electron chi connectivity index (χ1n) is 12.0. The first kappa shape index (κ1) is 27.8. The summed E-state index contributed by atoms with van der Waals surface area (Å²) in [4.78, 5) is 17.0. The lowest BCUT2D eigenvalue weighted by atomic mass is 9.93. The molecule has 212 valence electrons. The van der Waals surface area contributed by atoms with Gasteiger partial charge < -0.3 is 18.7 Å². The summed E-state index contributed by atoms with van der Waals surface area (Å²) in [6.07, 6.45) is 1.64. The van der Waals surface area contributed by atoms with Crippen molar-refractivity contribution in [2.75, 3.05) is 31.7 Å². The highest BCUT2D eigenvalue weighted by Crippen LogP contribution is 2.36. The number of sulfonamides is 1. The van der Waals surface area contributed by atoms with Crippen LogP contribution in [0.4, 0.5) is 14.6 Å². The average molecular weight is 597 g/mol. The van der Waals surface area contributed by atoms with Crippen molar-refractivity contribution in [2.45, 2.75) is 23.7 Å². The number of alkyl halides is 2. The topological polar surface area (TPSA) is 135 Å². The standard InChI is InChI=1S/C25H23ClF2N4O7S/c1-36-24-20(13-18(26)23(29-24)38-14-25(27,28)16-6-9-37-10-7-16)32-19-4-3-17(12-15(19)2-5-22(32)33)40(34,35)31-21-8-11-39-30-21/h2-5,8,11-13,16H,6-7,9-10,14H2,1H3,(H,30,31). The number of pyridine rings is 2. The molecule has 5 rings (SSSR count). The van der Waals surface area contributed by atoms with Gasteiger partial charge in [-0.1, -0.05) is 16.8 Å². The molecule has 1 saturated heterocycles. The van der Waals surface area contributed by atoms with Gasteiger partial charge in [-0.15, -0.1) is 0 Å². The molecule has 0 bridgehead atoms. The van der Waals surface area contributed by atoms with E-state index in [9.17, 15) is 22.0 Å². The summed E-state index contributed by atoms with van der Waals surface area (Å²) in [5, 5.41) is 3.80. The highest BCUT2D eigenvalue weighted by atomic mass is 35.5. The van der Waals surface area contributed by atoms with Crippen molar-refractivity contribution in [3.8, 4) is 17.4 Å². The van der Waals surface area contributed by atoms with Crippen molar-refractivity contribution in [3.63, 3.8) is 0 Å². The summed E-state index contributed by atoms with van der Waals surface area (Å²) >= 11 is 6.35. The molecule has 15 heteroatoms. The molecule has 4 heterocycles. The number of methoxy groups -OCH3 is 1. The fraction of sp³-hybridized carbons (Fsp3) is 0.320. The fourth-order valence-corrected chi connectivity index (χ4v) is 5.59. The van der Waals surface area contributed by atoms with Crippen molar-refractivity contribution < 1.29 is 35.9 Å². The number of nitrogens with one attached hydrogen (secondary N) is 1. The molecule has 0 atom stereocenters. The van der Waals surface area contributed by atoms with Crippen molar-refractivity contribution in [1.82, 2.24) is 14.7 Å². The summed E-state index contributed by atoms with van der Waals surface area (Å²) in [5.41, 5.74) is -0.0912. The Morgan fingerprint density at radius 1 is 1.15 bits per heavy atom. The van der Waals surface area contributed by atoms with Crippen LogP contribution in [0.25, 0.3) is 16.6 Å². The van der Waals surface area contributed by atoms with Gasteiger partial charge in [0.05, 0.1) is 17.5 Å². The number of benzene rings is 1. The highest BCUT2D eigenvalue weighted by Gasteiger charge is 2.41. The van der Waals surface area contributed by atoms with Crippen LogP contribution in [0.3, 0.4) is 0 Å². The van der Waals surface area contributed by atoms with Gasteiger partial charge in [0.25, 0.3) is 21.5 Å². The number of ether oxygens (including phenoxy) is 3. The Hall–Kier alpha value is -3.75. The number of aromatic nitrogens is 3. The Morgan fingerprint density at radius 3 is 2.62 bits per heavy atom. The van der Waals surface area contributed by atoms with Gasteiger partial charge in [0.1, 0.15) is 17.0 Å². The molecule has 0 aliphatic carbocycles. The molecule has 1 fully saturated rings. The summed E-state index contributed by atoms with van der Waals surface area (Å²) < 4.78 is 79.0. The van der Waals surface area contributed by atoms with Gasteiger partial charge in [-0.2, -0.15) is 4.98 Å². The van der Waals surface area contributed by atoms with Crippen LogP contribution in [-0.4, -0.2) is 56.0 Å². The Bertz CT molecular complexity index is 1690. The van der Waals surface area contributed by atoms with Crippen LogP contribution in [-0.2, 0) is 14.8 Å². The lowest BCUT2D eigenvalue weighted by molar-refractivity contribution is -0.119. The minimum atomic E-state index is -4.02. The quantitative estimate of drug-likeness (QED) is 0.300. The van der Waals surface area contributed by atoms with E-state index in [1.807, 2.05) is 0 Å². The van der Waals surface area contributed by atoms with Crippen molar-refractivity contribution in [2.24, 2.45) is 5.92 Å². The monoisotopic (exact) mass is 596 g/mol. The molecule has 1 aromatic carbocycles. The van der Waals surface area contributed by atoms with Crippen LogP contribution < -0.4 is 19.8 Å². The molecular weight excluding hydrogens is 574 g/mol. The normalized spacial score (nSPS) is 14.8. The van der Waals surface area contributed by atoms with Gasteiger partial charge in [-0.3, -0.25) is 14.1 Å². The smallest absolute Gasteiger partial charge is 0.284 e. The third-order valence-corrected chi connectivity index (χ3v) is 8.02. The Labute approximate surface area is 231 Å². The molecule has 11 nitrogen and oxygen atoms in total. The lowest BCUT2D eigenvalue weighted by Gasteiger charge is -2.29. The third-order valence-electron chi connectivity index (χ3n) is 6.40. The van der Waals surface area contributed by atoms with Crippen LogP contribution in [0.15, 0.2) is 62.9 Å². The van der Waals surface area contributed by atoms with E-state index >= 15 is 0 Å². The molecule has 0 saturated carbocycles. The van der Waals surface area contributed by atoms with Gasteiger partial charge >= 0.3 is 0 Å². The second kappa shape index (κ2) is 11.0. The highest BCUT2D eigenvalue weighted by molar-refractivity contribution is 7.92.